The smallest absolute Gasteiger partial charge is 0.269 e. The van der Waals surface area contributed by atoms with E-state index in [0.717, 1.165) is 21.5 Å². The van der Waals surface area contributed by atoms with E-state index in [1.165, 1.54) is 12.1 Å². The van der Waals surface area contributed by atoms with Crippen molar-refractivity contribution in [2.24, 2.45) is 0 Å². The summed E-state index contributed by atoms with van der Waals surface area (Å²) < 4.78 is 5.78. The van der Waals surface area contributed by atoms with Crippen LogP contribution in [0.15, 0.2) is 64.0 Å². The Morgan fingerprint density at radius 2 is 1.86 bits per heavy atom. The highest BCUT2D eigenvalue weighted by Gasteiger charge is 2.18. The van der Waals surface area contributed by atoms with Crippen LogP contribution >= 0.6 is 11.8 Å². The van der Waals surface area contributed by atoms with Crippen LogP contribution in [0.2, 0.25) is 0 Å². The highest BCUT2D eigenvalue weighted by molar-refractivity contribution is 7.99. The second-order valence-electron chi connectivity index (χ2n) is 6.30. The number of hydrogen-bond donors (Lipinski definition) is 0. The summed E-state index contributed by atoms with van der Waals surface area (Å²) in [5, 5.41) is 20.9. The second kappa shape index (κ2) is 7.40. The molecule has 0 spiro atoms. The first-order valence-electron chi connectivity index (χ1n) is 8.62. The quantitative estimate of drug-likeness (QED) is 0.256. The number of fused-ring (bicyclic) bond motifs is 1. The first-order chi connectivity index (χ1) is 13.5. The lowest BCUT2D eigenvalue weighted by atomic mass is 10.1. The number of para-hydroxylation sites is 1. The molecule has 0 radical (unpaired) electrons. The molecule has 2 heterocycles. The van der Waals surface area contributed by atoms with E-state index in [1.807, 2.05) is 25.1 Å². The zero-order valence-electron chi connectivity index (χ0n) is 15.2. The van der Waals surface area contributed by atoms with Crippen molar-refractivity contribution in [3.05, 3.63) is 76.2 Å². The van der Waals surface area contributed by atoms with E-state index in [-0.39, 0.29) is 10.9 Å². The van der Waals surface area contributed by atoms with Gasteiger partial charge in [-0.25, -0.2) is 4.98 Å². The minimum Gasteiger partial charge on any atom is -0.419 e. The summed E-state index contributed by atoms with van der Waals surface area (Å²) in [5.74, 6) is 0.811. The molecule has 7 nitrogen and oxygen atoms in total. The molecule has 2 aromatic heterocycles. The SMILES string of the molecule is Cc1cc(SC(C)c2nnc(-c3ccc([N+](=O)[O-])cc3)o2)nc2ccccc12. The minimum atomic E-state index is -0.444. The van der Waals surface area contributed by atoms with Crippen molar-refractivity contribution in [2.45, 2.75) is 24.1 Å². The number of aromatic nitrogens is 3. The van der Waals surface area contributed by atoms with Gasteiger partial charge in [0.15, 0.2) is 0 Å². The lowest BCUT2D eigenvalue weighted by Crippen LogP contribution is -1.92. The zero-order valence-corrected chi connectivity index (χ0v) is 16.0. The van der Waals surface area contributed by atoms with Crippen molar-refractivity contribution in [3.63, 3.8) is 0 Å². The van der Waals surface area contributed by atoms with Crippen LogP contribution in [0, 0.1) is 17.0 Å². The molecule has 0 aliphatic carbocycles. The van der Waals surface area contributed by atoms with Gasteiger partial charge in [0.1, 0.15) is 0 Å². The summed E-state index contributed by atoms with van der Waals surface area (Å²) in [6.07, 6.45) is 0. The molecule has 140 valence electrons. The maximum atomic E-state index is 10.8. The van der Waals surface area contributed by atoms with Gasteiger partial charge in [-0.1, -0.05) is 30.0 Å². The number of nitro benzene ring substituents is 1. The van der Waals surface area contributed by atoms with Crippen molar-refractivity contribution in [2.75, 3.05) is 0 Å². The third-order valence-corrected chi connectivity index (χ3v) is 5.32. The molecule has 28 heavy (non-hydrogen) atoms. The predicted molar refractivity (Wildman–Crippen MR) is 107 cm³/mol. The first kappa shape index (κ1) is 18.1. The predicted octanol–water partition coefficient (Wildman–Crippen LogP) is 5.35. The van der Waals surface area contributed by atoms with Gasteiger partial charge in [0.05, 0.1) is 20.7 Å². The number of benzene rings is 2. The maximum Gasteiger partial charge on any atom is 0.269 e. The Bertz CT molecular complexity index is 1160. The lowest BCUT2D eigenvalue weighted by Gasteiger charge is -2.09. The zero-order chi connectivity index (χ0) is 19.7. The second-order valence-corrected chi connectivity index (χ2v) is 7.67. The fourth-order valence-corrected chi connectivity index (χ4v) is 3.81. The number of thioether (sulfide) groups is 1. The lowest BCUT2D eigenvalue weighted by molar-refractivity contribution is -0.384. The number of hydrogen-bond acceptors (Lipinski definition) is 7. The molecule has 2 aromatic carbocycles. The fourth-order valence-electron chi connectivity index (χ4n) is 2.85. The number of non-ortho nitro benzene ring substituents is 1. The van der Waals surface area contributed by atoms with E-state index in [9.17, 15) is 10.1 Å². The Morgan fingerprint density at radius 3 is 2.61 bits per heavy atom. The molecule has 4 rings (SSSR count). The number of rotatable bonds is 5. The molecular weight excluding hydrogens is 376 g/mol. The topological polar surface area (TPSA) is 95.0 Å². The van der Waals surface area contributed by atoms with Gasteiger partial charge in [-0.3, -0.25) is 10.1 Å². The van der Waals surface area contributed by atoms with Crippen LogP contribution in [-0.2, 0) is 0 Å². The Labute approximate surface area is 165 Å². The van der Waals surface area contributed by atoms with Crippen LogP contribution in [0.1, 0.15) is 23.6 Å². The Kier molecular flexibility index (Phi) is 4.79. The van der Waals surface area contributed by atoms with Crippen LogP contribution in [0.25, 0.3) is 22.4 Å². The standard InChI is InChI=1S/C20H16N4O3S/c1-12-11-18(21-17-6-4-3-5-16(12)17)28-13(2)19-22-23-20(27-19)14-7-9-15(10-8-14)24(25)26/h3-11,13H,1-2H3. The molecular formula is C20H16N4O3S. The molecule has 0 aliphatic heterocycles. The van der Waals surface area contributed by atoms with Crippen LogP contribution in [0.3, 0.4) is 0 Å². The summed E-state index contributed by atoms with van der Waals surface area (Å²) in [7, 11) is 0. The average molecular weight is 392 g/mol. The minimum absolute atomic E-state index is 0.0187. The van der Waals surface area contributed by atoms with Gasteiger partial charge in [-0.2, -0.15) is 0 Å². The molecule has 0 bridgehead atoms. The summed E-state index contributed by atoms with van der Waals surface area (Å²) in [6, 6.07) is 16.1. The molecule has 0 amide bonds. The number of nitro groups is 1. The summed E-state index contributed by atoms with van der Waals surface area (Å²) in [4.78, 5) is 15.0. The maximum absolute atomic E-state index is 10.8. The van der Waals surface area contributed by atoms with E-state index in [0.29, 0.717) is 17.3 Å². The molecule has 0 N–H and O–H groups in total. The highest BCUT2D eigenvalue weighted by atomic mass is 32.2. The van der Waals surface area contributed by atoms with Gasteiger partial charge in [0.25, 0.3) is 5.69 Å². The van der Waals surface area contributed by atoms with Crippen molar-refractivity contribution in [3.8, 4) is 11.5 Å². The van der Waals surface area contributed by atoms with E-state index in [4.69, 9.17) is 9.40 Å². The van der Waals surface area contributed by atoms with Crippen LogP contribution in [-0.4, -0.2) is 20.1 Å². The summed E-state index contributed by atoms with van der Waals surface area (Å²) in [6.45, 7) is 4.04. The third kappa shape index (κ3) is 3.59. The third-order valence-electron chi connectivity index (χ3n) is 4.31. The van der Waals surface area contributed by atoms with Gasteiger partial charge in [0.2, 0.25) is 11.8 Å². The monoisotopic (exact) mass is 392 g/mol. The molecule has 1 unspecified atom stereocenters. The van der Waals surface area contributed by atoms with E-state index in [2.05, 4.69) is 29.3 Å². The van der Waals surface area contributed by atoms with Gasteiger partial charge in [-0.05, 0) is 43.7 Å². The molecule has 0 saturated carbocycles. The average Bonchev–Trinajstić information content (AvgIpc) is 3.18. The van der Waals surface area contributed by atoms with Crippen molar-refractivity contribution in [1.82, 2.24) is 15.2 Å². The molecule has 4 aromatic rings. The first-order valence-corrected chi connectivity index (χ1v) is 9.50. The Balaban J connectivity index is 1.54. The number of pyridine rings is 1. The fraction of sp³-hybridized carbons (Fsp3) is 0.150. The van der Waals surface area contributed by atoms with Crippen LogP contribution < -0.4 is 0 Å². The van der Waals surface area contributed by atoms with Crippen molar-refractivity contribution in [1.29, 1.82) is 0 Å². The van der Waals surface area contributed by atoms with Crippen LogP contribution in [0.5, 0.6) is 0 Å². The molecule has 8 heteroatoms. The molecule has 1 atom stereocenters. The Hall–Kier alpha value is -3.26. The summed E-state index contributed by atoms with van der Waals surface area (Å²) >= 11 is 1.54. The normalized spacial score (nSPS) is 12.2. The highest BCUT2D eigenvalue weighted by Crippen LogP contribution is 2.35. The molecule has 0 aliphatic rings. The van der Waals surface area contributed by atoms with Crippen molar-refractivity contribution < 1.29 is 9.34 Å². The van der Waals surface area contributed by atoms with Gasteiger partial charge in [0, 0.05) is 23.1 Å². The van der Waals surface area contributed by atoms with Crippen molar-refractivity contribution >= 4 is 28.4 Å². The largest absolute Gasteiger partial charge is 0.419 e. The number of nitrogens with zero attached hydrogens (tertiary/aromatic N) is 4. The molecule has 0 saturated heterocycles. The van der Waals surface area contributed by atoms with Gasteiger partial charge >= 0.3 is 0 Å². The Morgan fingerprint density at radius 1 is 1.11 bits per heavy atom. The summed E-state index contributed by atoms with van der Waals surface area (Å²) in [5.41, 5.74) is 2.78. The van der Waals surface area contributed by atoms with E-state index in [1.54, 1.807) is 23.9 Å². The van der Waals surface area contributed by atoms with Gasteiger partial charge < -0.3 is 4.42 Å². The number of aryl methyl sites for hydroxylation is 1. The van der Waals surface area contributed by atoms with E-state index < -0.39 is 4.92 Å². The van der Waals surface area contributed by atoms with Crippen LogP contribution in [0.4, 0.5) is 5.69 Å². The van der Waals surface area contributed by atoms with Gasteiger partial charge in [-0.15, -0.1) is 10.2 Å². The molecule has 0 fully saturated rings. The van der Waals surface area contributed by atoms with E-state index >= 15 is 0 Å².